The fraction of sp³-hybridized carbons (Fsp3) is 0.900. The standard InChI is InChI=1S/C10H20N2S/c1-4-6-7-13-9-10(3,8-11)12-5-2/h12H,4-7,9H2,1-3H3. The smallest absolute Gasteiger partial charge is 0.113 e. The maximum Gasteiger partial charge on any atom is 0.113 e. The van der Waals surface area contributed by atoms with Gasteiger partial charge in [-0.15, -0.1) is 0 Å². The highest BCUT2D eigenvalue weighted by Crippen LogP contribution is 2.13. The van der Waals surface area contributed by atoms with Gasteiger partial charge >= 0.3 is 0 Å². The average molecular weight is 200 g/mol. The molecular formula is C10H20N2S. The zero-order chi connectivity index (χ0) is 10.2. The molecule has 1 unspecified atom stereocenters. The van der Waals surface area contributed by atoms with E-state index in [-0.39, 0.29) is 5.54 Å². The molecule has 0 aromatic carbocycles. The van der Waals surface area contributed by atoms with Crippen LogP contribution in [0.25, 0.3) is 0 Å². The number of nitriles is 1. The number of nitrogens with one attached hydrogen (secondary N) is 1. The van der Waals surface area contributed by atoms with E-state index in [1.807, 2.05) is 25.6 Å². The first kappa shape index (κ1) is 12.8. The Bertz CT molecular complexity index is 165. The normalized spacial score (nSPS) is 14.9. The van der Waals surface area contributed by atoms with Crippen LogP contribution in [0.15, 0.2) is 0 Å². The van der Waals surface area contributed by atoms with E-state index in [4.69, 9.17) is 5.26 Å². The third kappa shape index (κ3) is 5.95. The SMILES string of the molecule is CCCCSCC(C)(C#N)NCC. The van der Waals surface area contributed by atoms with Crippen LogP contribution in [0.1, 0.15) is 33.6 Å². The Hall–Kier alpha value is -0.200. The lowest BCUT2D eigenvalue weighted by atomic mass is 10.1. The van der Waals surface area contributed by atoms with Crippen LogP contribution in [0.3, 0.4) is 0 Å². The monoisotopic (exact) mass is 200 g/mol. The van der Waals surface area contributed by atoms with Gasteiger partial charge in [-0.1, -0.05) is 20.3 Å². The Kier molecular flexibility index (Phi) is 7.12. The first-order valence-electron chi connectivity index (χ1n) is 4.92. The molecule has 0 radical (unpaired) electrons. The van der Waals surface area contributed by atoms with Crippen molar-refractivity contribution in [2.24, 2.45) is 0 Å². The largest absolute Gasteiger partial charge is 0.299 e. The fourth-order valence-electron chi connectivity index (χ4n) is 1.04. The maximum absolute atomic E-state index is 8.95. The zero-order valence-electron chi connectivity index (χ0n) is 8.89. The molecule has 0 aliphatic carbocycles. The molecule has 76 valence electrons. The summed E-state index contributed by atoms with van der Waals surface area (Å²) in [7, 11) is 0. The Labute approximate surface area is 86.1 Å². The molecule has 0 heterocycles. The van der Waals surface area contributed by atoms with Crippen LogP contribution in [-0.2, 0) is 0 Å². The van der Waals surface area contributed by atoms with E-state index in [0.717, 1.165) is 12.3 Å². The third-order valence-corrected chi connectivity index (χ3v) is 3.21. The van der Waals surface area contributed by atoms with Crippen LogP contribution in [-0.4, -0.2) is 23.6 Å². The lowest BCUT2D eigenvalue weighted by Gasteiger charge is -2.21. The minimum absolute atomic E-state index is 0.340. The van der Waals surface area contributed by atoms with Crippen molar-refractivity contribution in [3.63, 3.8) is 0 Å². The highest BCUT2D eigenvalue weighted by atomic mass is 32.2. The van der Waals surface area contributed by atoms with Gasteiger partial charge in [0.05, 0.1) is 6.07 Å². The molecule has 0 amide bonds. The molecule has 0 fully saturated rings. The molecule has 1 atom stereocenters. The molecule has 0 aromatic heterocycles. The van der Waals surface area contributed by atoms with E-state index in [9.17, 15) is 0 Å². The molecule has 0 saturated heterocycles. The van der Waals surface area contributed by atoms with E-state index >= 15 is 0 Å². The first-order chi connectivity index (χ1) is 6.18. The quantitative estimate of drug-likeness (QED) is 0.641. The van der Waals surface area contributed by atoms with Crippen molar-refractivity contribution < 1.29 is 0 Å². The molecule has 13 heavy (non-hydrogen) atoms. The second-order valence-electron chi connectivity index (χ2n) is 3.38. The molecule has 0 spiro atoms. The predicted octanol–water partition coefficient (Wildman–Crippen LogP) is 2.41. The molecule has 0 saturated carbocycles. The molecule has 0 bridgehead atoms. The Morgan fingerprint density at radius 1 is 1.46 bits per heavy atom. The van der Waals surface area contributed by atoms with Crippen molar-refractivity contribution >= 4 is 11.8 Å². The Morgan fingerprint density at radius 2 is 2.15 bits per heavy atom. The molecule has 1 N–H and O–H groups in total. The topological polar surface area (TPSA) is 35.8 Å². The molecule has 2 nitrogen and oxygen atoms in total. The summed E-state index contributed by atoms with van der Waals surface area (Å²) in [4.78, 5) is 0. The van der Waals surface area contributed by atoms with Gasteiger partial charge in [-0.2, -0.15) is 17.0 Å². The summed E-state index contributed by atoms with van der Waals surface area (Å²) < 4.78 is 0. The van der Waals surface area contributed by atoms with E-state index in [2.05, 4.69) is 18.3 Å². The highest BCUT2D eigenvalue weighted by molar-refractivity contribution is 7.99. The lowest BCUT2D eigenvalue weighted by molar-refractivity contribution is 0.511. The van der Waals surface area contributed by atoms with E-state index in [0.29, 0.717) is 0 Å². The molecule has 0 aliphatic heterocycles. The highest BCUT2D eigenvalue weighted by Gasteiger charge is 2.21. The average Bonchev–Trinajstić information content (AvgIpc) is 2.13. The van der Waals surface area contributed by atoms with Crippen LogP contribution >= 0.6 is 11.8 Å². The van der Waals surface area contributed by atoms with Crippen molar-refractivity contribution in [2.75, 3.05) is 18.1 Å². The van der Waals surface area contributed by atoms with Gasteiger partial charge in [-0.25, -0.2) is 0 Å². The number of rotatable bonds is 7. The van der Waals surface area contributed by atoms with Gasteiger partial charge in [0.15, 0.2) is 0 Å². The summed E-state index contributed by atoms with van der Waals surface area (Å²) in [5.74, 6) is 2.05. The van der Waals surface area contributed by atoms with Crippen LogP contribution in [0.4, 0.5) is 0 Å². The second kappa shape index (κ2) is 7.23. The maximum atomic E-state index is 8.95. The van der Waals surface area contributed by atoms with E-state index in [1.165, 1.54) is 18.6 Å². The van der Waals surface area contributed by atoms with Gasteiger partial charge in [0.2, 0.25) is 0 Å². The summed E-state index contributed by atoms with van der Waals surface area (Å²) in [5.41, 5.74) is -0.340. The Balaban J connectivity index is 3.65. The van der Waals surface area contributed by atoms with Crippen molar-refractivity contribution in [2.45, 2.75) is 39.2 Å². The van der Waals surface area contributed by atoms with Gasteiger partial charge in [-0.05, 0) is 25.6 Å². The molecule has 0 rings (SSSR count). The van der Waals surface area contributed by atoms with Gasteiger partial charge < -0.3 is 0 Å². The van der Waals surface area contributed by atoms with Crippen LogP contribution in [0.2, 0.25) is 0 Å². The third-order valence-electron chi connectivity index (χ3n) is 1.85. The first-order valence-corrected chi connectivity index (χ1v) is 6.08. The van der Waals surface area contributed by atoms with Crippen molar-refractivity contribution in [1.29, 1.82) is 5.26 Å². The lowest BCUT2D eigenvalue weighted by Crippen LogP contribution is -2.43. The summed E-state index contributed by atoms with van der Waals surface area (Å²) in [5, 5.41) is 12.2. The summed E-state index contributed by atoms with van der Waals surface area (Å²) in [6.45, 7) is 7.05. The number of hydrogen-bond donors (Lipinski definition) is 1. The number of unbranched alkanes of at least 4 members (excludes halogenated alkanes) is 1. The minimum atomic E-state index is -0.340. The summed E-state index contributed by atoms with van der Waals surface area (Å²) in [6, 6.07) is 2.32. The Morgan fingerprint density at radius 3 is 2.62 bits per heavy atom. The summed E-state index contributed by atoms with van der Waals surface area (Å²) in [6.07, 6.45) is 2.48. The second-order valence-corrected chi connectivity index (χ2v) is 4.49. The van der Waals surface area contributed by atoms with Gasteiger partial charge in [0, 0.05) is 5.75 Å². The number of nitrogens with zero attached hydrogens (tertiary/aromatic N) is 1. The van der Waals surface area contributed by atoms with Crippen LogP contribution in [0.5, 0.6) is 0 Å². The molecule has 0 aliphatic rings. The van der Waals surface area contributed by atoms with Gasteiger partial charge in [0.1, 0.15) is 5.54 Å². The van der Waals surface area contributed by atoms with Crippen molar-refractivity contribution in [3.05, 3.63) is 0 Å². The van der Waals surface area contributed by atoms with Crippen LogP contribution in [0, 0.1) is 11.3 Å². The van der Waals surface area contributed by atoms with Gasteiger partial charge in [-0.3, -0.25) is 5.32 Å². The minimum Gasteiger partial charge on any atom is -0.299 e. The molecular weight excluding hydrogens is 180 g/mol. The van der Waals surface area contributed by atoms with Crippen molar-refractivity contribution in [3.8, 4) is 6.07 Å². The predicted molar refractivity (Wildman–Crippen MR) is 59.9 cm³/mol. The van der Waals surface area contributed by atoms with Crippen LogP contribution < -0.4 is 5.32 Å². The molecule has 3 heteroatoms. The van der Waals surface area contributed by atoms with E-state index in [1.54, 1.807) is 0 Å². The molecule has 0 aromatic rings. The van der Waals surface area contributed by atoms with Gasteiger partial charge in [0.25, 0.3) is 0 Å². The van der Waals surface area contributed by atoms with Crippen molar-refractivity contribution in [1.82, 2.24) is 5.32 Å². The fourth-order valence-corrected chi connectivity index (χ4v) is 2.25. The van der Waals surface area contributed by atoms with E-state index < -0.39 is 0 Å². The number of hydrogen-bond acceptors (Lipinski definition) is 3. The number of thioether (sulfide) groups is 1. The summed E-state index contributed by atoms with van der Waals surface area (Å²) >= 11 is 1.86. The zero-order valence-corrected chi connectivity index (χ0v) is 9.71.